The zero-order valence-electron chi connectivity index (χ0n) is 5.89. The quantitative estimate of drug-likeness (QED) is 0.589. The van der Waals surface area contributed by atoms with Gasteiger partial charge in [0.15, 0.2) is 5.17 Å². The van der Waals surface area contributed by atoms with Crippen LogP contribution < -0.4 is 0 Å². The van der Waals surface area contributed by atoms with Gasteiger partial charge in [-0.1, -0.05) is 11.8 Å². The van der Waals surface area contributed by atoms with Crippen LogP contribution >= 0.6 is 11.8 Å². The number of amidine groups is 1. The molecule has 1 fully saturated rings. The van der Waals surface area contributed by atoms with Crippen molar-refractivity contribution < 1.29 is 13.0 Å². The Morgan fingerprint density at radius 3 is 2.73 bits per heavy atom. The van der Waals surface area contributed by atoms with Gasteiger partial charge >= 0.3 is 10.3 Å². The normalized spacial score (nSPS) is 23.1. The first-order valence-corrected chi connectivity index (χ1v) is 5.28. The van der Waals surface area contributed by atoms with Crippen molar-refractivity contribution >= 4 is 27.2 Å². The second-order valence-electron chi connectivity index (χ2n) is 2.09. The molecule has 0 aromatic rings. The number of hydrogen-bond acceptors (Lipinski definition) is 3. The van der Waals surface area contributed by atoms with Gasteiger partial charge in [-0.2, -0.15) is 8.42 Å². The summed E-state index contributed by atoms with van der Waals surface area (Å²) in [6.45, 7) is 0.763. The highest BCUT2D eigenvalue weighted by Crippen LogP contribution is 2.16. The van der Waals surface area contributed by atoms with Crippen LogP contribution in [0.15, 0.2) is 4.40 Å². The summed E-state index contributed by atoms with van der Waals surface area (Å²) in [7, 11) is -2.49. The molecule has 0 aromatic heterocycles. The van der Waals surface area contributed by atoms with Crippen LogP contribution in [0.5, 0.6) is 0 Å². The third-order valence-corrected chi connectivity index (χ3v) is 2.74. The van der Waals surface area contributed by atoms with Crippen LogP contribution in [0, 0.1) is 0 Å². The highest BCUT2D eigenvalue weighted by atomic mass is 32.2. The van der Waals surface area contributed by atoms with Crippen LogP contribution in [0.25, 0.3) is 0 Å². The molecule has 64 valence electrons. The molecule has 11 heavy (non-hydrogen) atoms. The molecule has 1 N–H and O–H groups in total. The highest BCUT2D eigenvalue weighted by Gasteiger charge is 2.17. The lowest BCUT2D eigenvalue weighted by molar-refractivity contribution is 0.483. The zero-order valence-corrected chi connectivity index (χ0v) is 7.52. The topological polar surface area (TPSA) is 70.0 Å². The molecule has 1 rings (SSSR count). The van der Waals surface area contributed by atoms with Gasteiger partial charge in [-0.05, 0) is 0 Å². The third-order valence-electron chi connectivity index (χ3n) is 1.18. The molecule has 0 atom stereocenters. The fourth-order valence-electron chi connectivity index (χ4n) is 0.674. The first-order valence-electron chi connectivity index (χ1n) is 2.90. The van der Waals surface area contributed by atoms with Gasteiger partial charge in [0.2, 0.25) is 0 Å². The summed E-state index contributed by atoms with van der Waals surface area (Å²) >= 11 is 1.31. The fraction of sp³-hybridized carbons (Fsp3) is 0.750. The standard InChI is InChI=1S/C4H8N2O3S2/c1-6-2-3-10-4(6)5-11(7,8)9/h2-3H2,1H3,(H,7,8,9)/b5-4-. The molecule has 5 nitrogen and oxygen atoms in total. The second-order valence-corrected chi connectivity index (χ2v) is 4.23. The van der Waals surface area contributed by atoms with E-state index in [2.05, 4.69) is 4.40 Å². The molecule has 0 aliphatic carbocycles. The molecule has 1 heterocycles. The maximum atomic E-state index is 10.3. The van der Waals surface area contributed by atoms with Crippen molar-refractivity contribution in [1.29, 1.82) is 0 Å². The van der Waals surface area contributed by atoms with E-state index in [1.54, 1.807) is 11.9 Å². The summed E-state index contributed by atoms with van der Waals surface area (Å²) in [4.78, 5) is 1.68. The van der Waals surface area contributed by atoms with Gasteiger partial charge in [-0.15, -0.1) is 4.40 Å². The van der Waals surface area contributed by atoms with Crippen molar-refractivity contribution in [3.05, 3.63) is 0 Å². The summed E-state index contributed by atoms with van der Waals surface area (Å²) in [6, 6.07) is 0. The first kappa shape index (κ1) is 8.82. The van der Waals surface area contributed by atoms with E-state index in [1.807, 2.05) is 0 Å². The Hall–Kier alpha value is -0.270. The molecule has 0 unspecified atom stereocenters. The van der Waals surface area contributed by atoms with Gasteiger partial charge in [0.05, 0.1) is 0 Å². The van der Waals surface area contributed by atoms with Crippen molar-refractivity contribution in [3.63, 3.8) is 0 Å². The second kappa shape index (κ2) is 3.00. The van der Waals surface area contributed by atoms with Crippen LogP contribution in [0.4, 0.5) is 0 Å². The Morgan fingerprint density at radius 1 is 1.73 bits per heavy atom. The van der Waals surface area contributed by atoms with Crippen molar-refractivity contribution in [2.75, 3.05) is 19.3 Å². The molecular weight excluding hydrogens is 188 g/mol. The molecule has 0 saturated carbocycles. The molecule has 0 radical (unpaired) electrons. The summed E-state index contributed by atoms with van der Waals surface area (Å²) in [6.07, 6.45) is 0. The molecule has 0 amide bonds. The maximum Gasteiger partial charge on any atom is 0.380 e. The lowest BCUT2D eigenvalue weighted by atomic mass is 10.7. The van der Waals surface area contributed by atoms with Crippen LogP contribution in [-0.2, 0) is 10.3 Å². The van der Waals surface area contributed by atoms with E-state index < -0.39 is 10.3 Å². The summed E-state index contributed by atoms with van der Waals surface area (Å²) < 4.78 is 32.0. The van der Waals surface area contributed by atoms with Crippen molar-refractivity contribution in [2.45, 2.75) is 0 Å². The van der Waals surface area contributed by atoms with Crippen LogP contribution in [0.3, 0.4) is 0 Å². The minimum absolute atomic E-state index is 0.354. The Labute approximate surface area is 69.4 Å². The minimum atomic E-state index is -4.21. The van der Waals surface area contributed by atoms with E-state index in [4.69, 9.17) is 4.55 Å². The third kappa shape index (κ3) is 2.68. The molecule has 0 bridgehead atoms. The van der Waals surface area contributed by atoms with Gasteiger partial charge in [0.25, 0.3) is 0 Å². The molecule has 1 aliphatic heterocycles. The summed E-state index contributed by atoms with van der Waals surface area (Å²) in [5.74, 6) is 0.810. The van der Waals surface area contributed by atoms with Gasteiger partial charge in [-0.3, -0.25) is 4.55 Å². The summed E-state index contributed by atoms with van der Waals surface area (Å²) in [5, 5.41) is 0.354. The van der Waals surface area contributed by atoms with E-state index in [1.165, 1.54) is 11.8 Å². The molecule has 1 saturated heterocycles. The van der Waals surface area contributed by atoms with E-state index in [0.717, 1.165) is 12.3 Å². The van der Waals surface area contributed by atoms with Crippen LogP contribution in [-0.4, -0.2) is 42.4 Å². The van der Waals surface area contributed by atoms with E-state index >= 15 is 0 Å². The number of nitrogens with zero attached hydrogens (tertiary/aromatic N) is 2. The van der Waals surface area contributed by atoms with Gasteiger partial charge < -0.3 is 4.90 Å². The van der Waals surface area contributed by atoms with E-state index in [-0.39, 0.29) is 0 Å². The number of thioether (sulfide) groups is 1. The van der Waals surface area contributed by atoms with Crippen molar-refractivity contribution in [2.24, 2.45) is 4.40 Å². The average molecular weight is 196 g/mol. The van der Waals surface area contributed by atoms with E-state index in [9.17, 15) is 8.42 Å². The van der Waals surface area contributed by atoms with E-state index in [0.29, 0.717) is 5.17 Å². The number of hydrogen-bond donors (Lipinski definition) is 1. The Balaban J connectivity index is 2.82. The van der Waals surface area contributed by atoms with Gasteiger partial charge in [-0.25, -0.2) is 0 Å². The predicted octanol–water partition coefficient (Wildman–Crippen LogP) is -0.176. The Morgan fingerprint density at radius 2 is 2.36 bits per heavy atom. The molecule has 0 aromatic carbocycles. The molecule has 0 spiro atoms. The monoisotopic (exact) mass is 196 g/mol. The van der Waals surface area contributed by atoms with Crippen molar-refractivity contribution in [1.82, 2.24) is 4.90 Å². The predicted molar refractivity (Wildman–Crippen MR) is 44.1 cm³/mol. The zero-order chi connectivity index (χ0) is 8.48. The van der Waals surface area contributed by atoms with Crippen molar-refractivity contribution in [3.8, 4) is 0 Å². The average Bonchev–Trinajstić information content (AvgIpc) is 2.12. The molecular formula is C4H8N2O3S2. The Bertz CT molecular complexity index is 271. The molecule has 1 aliphatic rings. The smallest absolute Gasteiger partial charge is 0.353 e. The van der Waals surface area contributed by atoms with Gasteiger partial charge in [0, 0.05) is 19.3 Å². The minimum Gasteiger partial charge on any atom is -0.353 e. The number of rotatable bonds is 1. The van der Waals surface area contributed by atoms with Gasteiger partial charge in [0.1, 0.15) is 0 Å². The highest BCUT2D eigenvalue weighted by molar-refractivity contribution is 8.14. The Kier molecular flexibility index (Phi) is 2.40. The first-order chi connectivity index (χ1) is 4.99. The maximum absolute atomic E-state index is 10.3. The van der Waals surface area contributed by atoms with Crippen LogP contribution in [0.1, 0.15) is 0 Å². The lowest BCUT2D eigenvalue weighted by Gasteiger charge is -2.07. The summed E-state index contributed by atoms with van der Waals surface area (Å²) in [5.41, 5.74) is 0. The molecule has 7 heteroatoms. The lowest BCUT2D eigenvalue weighted by Crippen LogP contribution is -2.19. The largest absolute Gasteiger partial charge is 0.380 e. The fourth-order valence-corrected chi connectivity index (χ4v) is 2.36. The van der Waals surface area contributed by atoms with Crippen LogP contribution in [0.2, 0.25) is 0 Å². The SMILES string of the molecule is CN1CCS/C1=N\S(=O)(=O)O.